The van der Waals surface area contributed by atoms with Crippen LogP contribution in [0.5, 0.6) is 17.2 Å². The molecule has 2 aliphatic rings. The lowest BCUT2D eigenvalue weighted by Crippen LogP contribution is -2.26. The monoisotopic (exact) mass is 465 g/mol. The van der Waals surface area contributed by atoms with Gasteiger partial charge in [-0.15, -0.1) is 0 Å². The Bertz CT molecular complexity index is 1140. The van der Waals surface area contributed by atoms with Crippen molar-refractivity contribution in [2.24, 2.45) is 5.92 Å². The van der Waals surface area contributed by atoms with E-state index >= 15 is 4.39 Å². The van der Waals surface area contributed by atoms with Crippen LogP contribution in [0.4, 0.5) is 4.39 Å². The van der Waals surface area contributed by atoms with E-state index in [9.17, 15) is 15.0 Å². The molecule has 1 heterocycles. The van der Waals surface area contributed by atoms with Gasteiger partial charge in [0, 0.05) is 12.2 Å². The number of carboxylic acid groups (broad SMARTS) is 1. The van der Waals surface area contributed by atoms with Crippen molar-refractivity contribution in [2.45, 2.75) is 45.5 Å². The minimum absolute atomic E-state index is 0.130. The molecule has 6 nitrogen and oxygen atoms in total. The maximum atomic E-state index is 15.1. The van der Waals surface area contributed by atoms with Crippen LogP contribution in [0.3, 0.4) is 0 Å². The van der Waals surface area contributed by atoms with Gasteiger partial charge >= 0.3 is 5.97 Å². The van der Waals surface area contributed by atoms with E-state index in [1.54, 1.807) is 31.2 Å². The molecule has 1 aliphatic heterocycles. The summed E-state index contributed by atoms with van der Waals surface area (Å²) in [5.74, 6) is 0.119. The molecule has 0 spiro atoms. The van der Waals surface area contributed by atoms with Gasteiger partial charge in [-0.05, 0) is 67.0 Å². The number of phenolic OH excluding ortho intramolecular Hbond substituents is 1. The number of aliphatic carboxylic acids is 1. The second kappa shape index (κ2) is 10.0. The van der Waals surface area contributed by atoms with Crippen LogP contribution in [0, 0.1) is 5.92 Å². The predicted molar refractivity (Wildman–Crippen MR) is 126 cm³/mol. The molecule has 0 saturated heterocycles. The van der Waals surface area contributed by atoms with Crippen molar-refractivity contribution in [3.63, 3.8) is 0 Å². The van der Waals surface area contributed by atoms with Gasteiger partial charge in [-0.3, -0.25) is 0 Å². The summed E-state index contributed by atoms with van der Waals surface area (Å²) in [6, 6.07) is 13.7. The van der Waals surface area contributed by atoms with Gasteiger partial charge in [0.05, 0.1) is 11.6 Å². The fraction of sp³-hybridized carbons (Fsp3) is 0.296. The Morgan fingerprint density at radius 2 is 1.91 bits per heavy atom. The number of phenols is 1. The normalized spacial score (nSPS) is 20.1. The number of benzene rings is 2. The quantitative estimate of drug-likeness (QED) is 0.505. The summed E-state index contributed by atoms with van der Waals surface area (Å²) >= 11 is 0. The summed E-state index contributed by atoms with van der Waals surface area (Å²) in [6.45, 7) is 4.21. The lowest BCUT2D eigenvalue weighted by Gasteiger charge is -2.27. The van der Waals surface area contributed by atoms with Crippen molar-refractivity contribution in [3.8, 4) is 17.2 Å². The van der Waals surface area contributed by atoms with Crippen LogP contribution in [-0.4, -0.2) is 33.4 Å². The number of carbonyl (C=O) groups is 1. The number of rotatable bonds is 9. The van der Waals surface area contributed by atoms with Crippen molar-refractivity contribution in [2.75, 3.05) is 0 Å². The molecule has 0 radical (unpaired) electrons. The van der Waals surface area contributed by atoms with Crippen LogP contribution in [0.25, 0.3) is 0 Å². The molecular weight excluding hydrogens is 437 g/mol. The highest BCUT2D eigenvalue weighted by Crippen LogP contribution is 2.45. The van der Waals surface area contributed by atoms with Crippen LogP contribution in [0.1, 0.15) is 32.3 Å². The number of halogens is 1. The minimum Gasteiger partial charge on any atom is -0.508 e. The van der Waals surface area contributed by atoms with E-state index in [0.717, 1.165) is 17.0 Å². The summed E-state index contributed by atoms with van der Waals surface area (Å²) in [4.78, 5) is 13.4. The highest BCUT2D eigenvalue weighted by atomic mass is 19.1. The Labute approximate surface area is 198 Å². The molecule has 3 atom stereocenters. The number of alkyl halides is 1. The average molecular weight is 466 g/mol. The van der Waals surface area contributed by atoms with Crippen LogP contribution in [0.15, 0.2) is 83.9 Å². The highest BCUT2D eigenvalue weighted by molar-refractivity contribution is 5.72. The largest absolute Gasteiger partial charge is 0.508 e. The lowest BCUT2D eigenvalue weighted by molar-refractivity contribution is -0.145. The van der Waals surface area contributed by atoms with Crippen LogP contribution >= 0.6 is 0 Å². The fourth-order valence-corrected chi connectivity index (χ4v) is 4.33. The van der Waals surface area contributed by atoms with Crippen molar-refractivity contribution in [1.29, 1.82) is 0 Å². The highest BCUT2D eigenvalue weighted by Gasteiger charge is 2.42. The fourth-order valence-electron chi connectivity index (χ4n) is 4.33. The molecule has 0 bridgehead atoms. The molecule has 0 saturated carbocycles. The molecule has 2 aromatic carbocycles. The summed E-state index contributed by atoms with van der Waals surface area (Å²) < 4.78 is 27.0. The van der Waals surface area contributed by atoms with Gasteiger partial charge in [-0.1, -0.05) is 32.1 Å². The first-order chi connectivity index (χ1) is 16.4. The minimum atomic E-state index is -1.23. The van der Waals surface area contributed by atoms with E-state index in [1.807, 2.05) is 31.2 Å². The molecular formula is C27H28FNO5. The smallest absolute Gasteiger partial charge is 0.344 e. The zero-order valence-corrected chi connectivity index (χ0v) is 19.1. The molecule has 0 amide bonds. The molecule has 1 aliphatic carbocycles. The van der Waals surface area contributed by atoms with Crippen molar-refractivity contribution in [1.82, 2.24) is 4.90 Å². The first-order valence-electron chi connectivity index (χ1n) is 11.4. The van der Waals surface area contributed by atoms with Gasteiger partial charge in [-0.25, -0.2) is 9.18 Å². The molecule has 2 aromatic rings. The summed E-state index contributed by atoms with van der Waals surface area (Å²) in [5, 5.41) is 18.9. The molecule has 7 heteroatoms. The predicted octanol–water partition coefficient (Wildman–Crippen LogP) is 5.56. The van der Waals surface area contributed by atoms with Crippen molar-refractivity contribution >= 4 is 5.97 Å². The third kappa shape index (κ3) is 4.78. The van der Waals surface area contributed by atoms with E-state index in [4.69, 9.17) is 9.47 Å². The number of hydrogen-bond acceptors (Lipinski definition) is 5. The zero-order valence-electron chi connectivity index (χ0n) is 19.1. The Morgan fingerprint density at radius 3 is 2.59 bits per heavy atom. The number of ether oxygens (including phenoxy) is 2. The second-order valence-corrected chi connectivity index (χ2v) is 8.25. The summed E-state index contributed by atoms with van der Waals surface area (Å²) in [7, 11) is 0. The van der Waals surface area contributed by atoms with Gasteiger partial charge in [0.15, 0.2) is 6.10 Å². The molecule has 178 valence electrons. The Hall–Kier alpha value is -3.74. The maximum Gasteiger partial charge on any atom is 0.344 e. The Kier molecular flexibility index (Phi) is 6.91. The van der Waals surface area contributed by atoms with Gasteiger partial charge in [-0.2, -0.15) is 0 Å². The van der Waals surface area contributed by atoms with E-state index in [1.165, 1.54) is 18.2 Å². The van der Waals surface area contributed by atoms with Gasteiger partial charge in [0.1, 0.15) is 29.2 Å². The molecule has 0 aromatic heterocycles. The number of allylic oxidation sites excluding steroid dienone is 4. The van der Waals surface area contributed by atoms with Gasteiger partial charge in [0.2, 0.25) is 0 Å². The second-order valence-electron chi connectivity index (χ2n) is 8.25. The van der Waals surface area contributed by atoms with E-state index in [-0.39, 0.29) is 5.75 Å². The van der Waals surface area contributed by atoms with Gasteiger partial charge in [0.25, 0.3) is 0 Å². The first kappa shape index (κ1) is 23.4. The SMILES string of the molecule is CCC1=C(Oc2ccc(O)cc2)C2C(=CC=CC2F)N1Cc1cccc(OC(CC)C(=O)O)c1. The molecule has 3 unspecified atom stereocenters. The van der Waals surface area contributed by atoms with Crippen LogP contribution < -0.4 is 9.47 Å². The summed E-state index contributed by atoms with van der Waals surface area (Å²) in [6.07, 6.45) is 3.98. The van der Waals surface area contributed by atoms with Crippen LogP contribution in [-0.2, 0) is 11.3 Å². The number of hydrogen-bond donors (Lipinski definition) is 2. The van der Waals surface area contributed by atoms with Crippen LogP contribution in [0.2, 0.25) is 0 Å². The first-order valence-corrected chi connectivity index (χ1v) is 11.4. The number of aromatic hydroxyl groups is 1. The summed E-state index contributed by atoms with van der Waals surface area (Å²) in [5.41, 5.74) is 2.59. The third-order valence-corrected chi connectivity index (χ3v) is 5.97. The van der Waals surface area contributed by atoms with Crippen molar-refractivity contribution < 1.29 is 28.9 Å². The third-order valence-electron chi connectivity index (χ3n) is 5.97. The number of fused-ring (bicyclic) bond motifs is 1. The lowest BCUT2D eigenvalue weighted by atomic mass is 9.94. The molecule has 34 heavy (non-hydrogen) atoms. The van der Waals surface area contributed by atoms with E-state index < -0.39 is 24.2 Å². The van der Waals surface area contributed by atoms with Crippen molar-refractivity contribution in [3.05, 3.63) is 89.5 Å². The number of carboxylic acids is 1. The Balaban J connectivity index is 1.65. The molecule has 0 fully saturated rings. The van der Waals surface area contributed by atoms with Gasteiger partial charge < -0.3 is 24.6 Å². The van der Waals surface area contributed by atoms with E-state index in [2.05, 4.69) is 4.90 Å². The van der Waals surface area contributed by atoms with E-state index in [0.29, 0.717) is 36.6 Å². The molecule has 4 rings (SSSR count). The topological polar surface area (TPSA) is 79.2 Å². The number of nitrogens with zero attached hydrogens (tertiary/aromatic N) is 1. The molecule has 2 N–H and O–H groups in total. The zero-order chi connectivity index (χ0) is 24.2. The maximum absolute atomic E-state index is 15.1. The standard InChI is InChI=1S/C27H28FNO5/c1-3-22-26(34-19-13-11-18(30)12-14-19)25-21(28)9-6-10-23(25)29(22)16-17-7-5-8-20(15-17)33-24(4-2)27(31)32/h5-15,21,24-25,30H,3-4,16H2,1-2H3,(H,31,32). The average Bonchev–Trinajstić information content (AvgIpc) is 3.12. The Morgan fingerprint density at radius 1 is 1.15 bits per heavy atom.